The number of hydrogen-bond donors (Lipinski definition) is 2. The molecular formula is C29H34N4O6S2. The first kappa shape index (κ1) is 30.2. The van der Waals surface area contributed by atoms with Crippen LogP contribution in [0.2, 0.25) is 0 Å². The van der Waals surface area contributed by atoms with Crippen LogP contribution in [0.25, 0.3) is 0 Å². The van der Waals surface area contributed by atoms with Gasteiger partial charge in [0.05, 0.1) is 23.6 Å². The Kier molecular flexibility index (Phi) is 9.46. The van der Waals surface area contributed by atoms with E-state index in [-0.39, 0.29) is 42.1 Å². The Labute approximate surface area is 244 Å². The van der Waals surface area contributed by atoms with Crippen molar-refractivity contribution in [2.75, 3.05) is 25.5 Å². The standard InChI is InChI=1S/C29H34N4O6S2/c1-5-39-29(36)32-16-15-23-24(18-32)40-28(25(23)27(35)30-4)31-26(34)21-11-13-22(14-12-21)41(37,38)33(19(2)3)17-20-9-7-6-8-10-20/h6-14,19H,5,15-18H2,1-4H3,(H,30,35)(H,31,34). The van der Waals surface area contributed by atoms with E-state index in [0.717, 1.165) is 16.0 Å². The minimum Gasteiger partial charge on any atom is -0.450 e. The van der Waals surface area contributed by atoms with Gasteiger partial charge in [0.15, 0.2) is 0 Å². The number of carbonyl (C=O) groups excluding carboxylic acids is 3. The predicted molar refractivity (Wildman–Crippen MR) is 158 cm³/mol. The summed E-state index contributed by atoms with van der Waals surface area (Å²) >= 11 is 1.24. The summed E-state index contributed by atoms with van der Waals surface area (Å²) in [6.45, 7) is 6.54. The van der Waals surface area contributed by atoms with Gasteiger partial charge in [0.25, 0.3) is 11.8 Å². The Morgan fingerprint density at radius 1 is 1.05 bits per heavy atom. The minimum absolute atomic E-state index is 0.0791. The average Bonchev–Trinajstić information content (AvgIpc) is 3.32. The largest absolute Gasteiger partial charge is 0.450 e. The van der Waals surface area contributed by atoms with Gasteiger partial charge in [-0.2, -0.15) is 4.31 Å². The third-order valence-corrected chi connectivity index (χ3v) is 9.91. The lowest BCUT2D eigenvalue weighted by atomic mass is 10.0. The summed E-state index contributed by atoms with van der Waals surface area (Å²) in [5, 5.41) is 5.82. The molecule has 3 aromatic rings. The fourth-order valence-corrected chi connectivity index (χ4v) is 7.51. The van der Waals surface area contributed by atoms with Gasteiger partial charge in [-0.25, -0.2) is 13.2 Å². The lowest BCUT2D eigenvalue weighted by Crippen LogP contribution is -2.36. The molecule has 2 aromatic carbocycles. The first-order valence-electron chi connectivity index (χ1n) is 13.3. The minimum atomic E-state index is -3.83. The normalized spacial score (nSPS) is 13.2. The van der Waals surface area contributed by atoms with Gasteiger partial charge in [-0.3, -0.25) is 9.59 Å². The Morgan fingerprint density at radius 3 is 2.34 bits per heavy atom. The van der Waals surface area contributed by atoms with E-state index in [1.54, 1.807) is 11.8 Å². The number of nitrogens with one attached hydrogen (secondary N) is 2. The molecule has 0 atom stereocenters. The van der Waals surface area contributed by atoms with Gasteiger partial charge in [-0.05, 0) is 62.6 Å². The van der Waals surface area contributed by atoms with Crippen LogP contribution in [0.3, 0.4) is 0 Å². The first-order chi connectivity index (χ1) is 19.6. The number of ether oxygens (including phenoxy) is 1. The molecule has 0 unspecified atom stereocenters. The van der Waals surface area contributed by atoms with E-state index in [1.807, 2.05) is 44.2 Å². The maximum Gasteiger partial charge on any atom is 0.410 e. The molecule has 0 bridgehead atoms. The van der Waals surface area contributed by atoms with Gasteiger partial charge in [0.2, 0.25) is 10.0 Å². The van der Waals surface area contributed by atoms with E-state index in [9.17, 15) is 22.8 Å². The molecule has 0 saturated heterocycles. The Balaban J connectivity index is 1.55. The molecule has 1 aromatic heterocycles. The number of carbonyl (C=O) groups is 3. The highest BCUT2D eigenvalue weighted by Gasteiger charge is 2.31. The number of rotatable bonds is 9. The molecule has 218 valence electrons. The maximum atomic E-state index is 13.5. The van der Waals surface area contributed by atoms with Crippen molar-refractivity contribution in [2.24, 2.45) is 0 Å². The SMILES string of the molecule is CCOC(=O)N1CCc2c(sc(NC(=O)c3ccc(S(=O)(=O)N(Cc4ccccc4)C(C)C)cc3)c2C(=O)NC)C1. The van der Waals surface area contributed by atoms with Crippen molar-refractivity contribution in [3.05, 3.63) is 81.7 Å². The van der Waals surface area contributed by atoms with E-state index in [4.69, 9.17) is 4.74 Å². The molecule has 2 heterocycles. The molecule has 0 fully saturated rings. The van der Waals surface area contributed by atoms with Crippen molar-refractivity contribution in [1.82, 2.24) is 14.5 Å². The van der Waals surface area contributed by atoms with Crippen LogP contribution < -0.4 is 10.6 Å². The molecule has 1 aliphatic rings. The van der Waals surface area contributed by atoms with Gasteiger partial charge in [-0.15, -0.1) is 11.3 Å². The Morgan fingerprint density at radius 2 is 1.73 bits per heavy atom. The number of thiophene rings is 1. The number of sulfonamides is 1. The summed E-state index contributed by atoms with van der Waals surface area (Å²) in [7, 11) is -2.31. The summed E-state index contributed by atoms with van der Waals surface area (Å²) in [6, 6.07) is 14.8. The Bertz CT molecular complexity index is 1520. The molecule has 3 amide bonds. The van der Waals surface area contributed by atoms with Crippen LogP contribution in [-0.2, 0) is 34.3 Å². The van der Waals surface area contributed by atoms with Crippen molar-refractivity contribution in [1.29, 1.82) is 0 Å². The van der Waals surface area contributed by atoms with E-state index in [2.05, 4.69) is 10.6 Å². The second kappa shape index (κ2) is 12.8. The molecule has 12 heteroatoms. The van der Waals surface area contributed by atoms with Gasteiger partial charge >= 0.3 is 6.09 Å². The van der Waals surface area contributed by atoms with E-state index < -0.39 is 22.0 Å². The monoisotopic (exact) mass is 598 g/mol. The maximum absolute atomic E-state index is 13.5. The predicted octanol–water partition coefficient (Wildman–Crippen LogP) is 4.47. The van der Waals surface area contributed by atoms with Crippen molar-refractivity contribution >= 4 is 44.3 Å². The summed E-state index contributed by atoms with van der Waals surface area (Å²) < 4.78 is 33.5. The second-order valence-corrected chi connectivity index (χ2v) is 12.8. The highest BCUT2D eigenvalue weighted by Crippen LogP contribution is 2.37. The third kappa shape index (κ3) is 6.61. The summed E-state index contributed by atoms with van der Waals surface area (Å²) in [5.74, 6) is -0.819. The highest BCUT2D eigenvalue weighted by atomic mass is 32.2. The molecule has 10 nitrogen and oxygen atoms in total. The fourth-order valence-electron chi connectivity index (χ4n) is 4.62. The van der Waals surface area contributed by atoms with Crippen LogP contribution in [0.15, 0.2) is 59.5 Å². The van der Waals surface area contributed by atoms with Crippen molar-refractivity contribution in [3.63, 3.8) is 0 Å². The molecule has 0 radical (unpaired) electrons. The van der Waals surface area contributed by atoms with Crippen molar-refractivity contribution in [2.45, 2.75) is 51.2 Å². The number of benzene rings is 2. The lowest BCUT2D eigenvalue weighted by molar-refractivity contribution is 0.0961. The molecule has 2 N–H and O–H groups in total. The zero-order chi connectivity index (χ0) is 29.7. The van der Waals surface area contributed by atoms with Gasteiger partial charge < -0.3 is 20.3 Å². The number of anilines is 1. The number of amides is 3. The lowest BCUT2D eigenvalue weighted by Gasteiger charge is -2.26. The zero-order valence-corrected chi connectivity index (χ0v) is 25.1. The quantitative estimate of drug-likeness (QED) is 0.374. The van der Waals surface area contributed by atoms with Gasteiger partial charge in [0.1, 0.15) is 5.00 Å². The van der Waals surface area contributed by atoms with E-state index in [0.29, 0.717) is 23.5 Å². The molecule has 41 heavy (non-hydrogen) atoms. The molecule has 0 aliphatic carbocycles. The number of hydrogen-bond acceptors (Lipinski definition) is 7. The fraction of sp³-hybridized carbons (Fsp3) is 0.345. The molecule has 1 aliphatic heterocycles. The van der Waals surface area contributed by atoms with Crippen LogP contribution >= 0.6 is 11.3 Å². The average molecular weight is 599 g/mol. The van der Waals surface area contributed by atoms with E-state index in [1.165, 1.54) is 47.0 Å². The topological polar surface area (TPSA) is 125 Å². The second-order valence-electron chi connectivity index (χ2n) is 9.77. The van der Waals surface area contributed by atoms with Crippen LogP contribution in [0, 0.1) is 0 Å². The highest BCUT2D eigenvalue weighted by molar-refractivity contribution is 7.89. The van der Waals surface area contributed by atoms with Gasteiger partial charge in [-0.1, -0.05) is 30.3 Å². The summed E-state index contributed by atoms with van der Waals surface area (Å²) in [5.41, 5.74) is 2.28. The van der Waals surface area contributed by atoms with Crippen molar-refractivity contribution < 1.29 is 27.5 Å². The van der Waals surface area contributed by atoms with Crippen LogP contribution in [0.4, 0.5) is 9.80 Å². The molecule has 0 saturated carbocycles. The number of fused-ring (bicyclic) bond motifs is 1. The summed E-state index contributed by atoms with van der Waals surface area (Å²) in [4.78, 5) is 40.7. The molecule has 0 spiro atoms. The van der Waals surface area contributed by atoms with E-state index >= 15 is 0 Å². The Hall–Kier alpha value is -3.74. The van der Waals surface area contributed by atoms with Crippen LogP contribution in [0.1, 0.15) is 57.5 Å². The molecular weight excluding hydrogens is 564 g/mol. The number of nitrogens with zero attached hydrogens (tertiary/aromatic N) is 2. The van der Waals surface area contributed by atoms with Crippen LogP contribution in [-0.4, -0.2) is 61.8 Å². The first-order valence-corrected chi connectivity index (χ1v) is 15.6. The zero-order valence-electron chi connectivity index (χ0n) is 23.5. The van der Waals surface area contributed by atoms with Gasteiger partial charge in [0, 0.05) is 36.6 Å². The van der Waals surface area contributed by atoms with Crippen LogP contribution in [0.5, 0.6) is 0 Å². The smallest absolute Gasteiger partial charge is 0.410 e. The summed E-state index contributed by atoms with van der Waals surface area (Å²) in [6.07, 6.45) is 0.0269. The third-order valence-electron chi connectivity index (χ3n) is 6.74. The van der Waals surface area contributed by atoms with Crippen molar-refractivity contribution in [3.8, 4) is 0 Å². The molecule has 4 rings (SSSR count).